The predicted octanol–water partition coefficient (Wildman–Crippen LogP) is -4.02. The SMILES string of the molecule is CON=C(C(=O)N[C@@H]1C(=O)N(S(=O)(=O)[O-])[C@@H]1OC(=O)Cc1ccccc1)c1csc(N)n1.[Na+]. The first kappa shape index (κ1) is 26.7. The number of carbonyl (C=O) groups excluding carboxylic acids is 3. The van der Waals surface area contributed by atoms with Crippen LogP contribution in [0.2, 0.25) is 0 Å². The number of β-lactam (4-membered cyclic amide) rings is 1. The van der Waals surface area contributed by atoms with Crippen LogP contribution in [0.1, 0.15) is 11.3 Å². The van der Waals surface area contributed by atoms with Crippen LogP contribution in [0.25, 0.3) is 0 Å². The Morgan fingerprint density at radius 2 is 2.00 bits per heavy atom. The van der Waals surface area contributed by atoms with Gasteiger partial charge in [-0.2, -0.15) is 0 Å². The molecular weight excluding hydrogens is 489 g/mol. The molecule has 0 spiro atoms. The number of oxime groups is 1. The van der Waals surface area contributed by atoms with Crippen molar-refractivity contribution in [3.05, 3.63) is 47.0 Å². The molecule has 3 N–H and O–H groups in total. The molecule has 2 atom stereocenters. The summed E-state index contributed by atoms with van der Waals surface area (Å²) < 4.78 is 39.2. The second-order valence-electron chi connectivity index (χ2n) is 6.28. The molecule has 2 amide bonds. The number of nitrogens with one attached hydrogen (secondary N) is 1. The first-order valence-electron chi connectivity index (χ1n) is 8.77. The van der Waals surface area contributed by atoms with E-state index in [9.17, 15) is 27.4 Å². The Labute approximate surface area is 214 Å². The second kappa shape index (κ2) is 11.0. The normalized spacial score (nSPS) is 18.1. The van der Waals surface area contributed by atoms with Crippen LogP contribution in [0.3, 0.4) is 0 Å². The first-order chi connectivity index (χ1) is 15.1. The van der Waals surface area contributed by atoms with Crippen molar-refractivity contribution in [1.29, 1.82) is 0 Å². The average Bonchev–Trinajstić information content (AvgIpc) is 3.15. The largest absolute Gasteiger partial charge is 1.00 e. The molecule has 13 nitrogen and oxygen atoms in total. The number of hydrogen-bond donors (Lipinski definition) is 2. The minimum absolute atomic E-state index is 0. The van der Waals surface area contributed by atoms with Crippen LogP contribution in [0.5, 0.6) is 0 Å². The fourth-order valence-electron chi connectivity index (χ4n) is 2.76. The molecule has 0 bridgehead atoms. The van der Waals surface area contributed by atoms with Crippen molar-refractivity contribution in [2.75, 3.05) is 12.8 Å². The molecule has 1 aliphatic rings. The van der Waals surface area contributed by atoms with E-state index >= 15 is 0 Å². The molecule has 1 saturated heterocycles. The molecule has 2 heterocycles. The van der Waals surface area contributed by atoms with Crippen LogP contribution in [-0.2, 0) is 40.7 Å². The molecule has 0 unspecified atom stereocenters. The van der Waals surface area contributed by atoms with Crippen molar-refractivity contribution in [3.8, 4) is 0 Å². The number of carbonyl (C=O) groups is 3. The zero-order valence-electron chi connectivity index (χ0n) is 17.3. The molecule has 16 heteroatoms. The van der Waals surface area contributed by atoms with Crippen molar-refractivity contribution >= 4 is 50.3 Å². The number of nitrogens with zero attached hydrogens (tertiary/aromatic N) is 3. The van der Waals surface area contributed by atoms with Gasteiger partial charge in [-0.05, 0) is 5.56 Å². The van der Waals surface area contributed by atoms with E-state index in [1.807, 2.05) is 0 Å². The Hall–Kier alpha value is -2.56. The second-order valence-corrected chi connectivity index (χ2v) is 8.42. The van der Waals surface area contributed by atoms with E-state index in [2.05, 4.69) is 20.3 Å². The van der Waals surface area contributed by atoms with Crippen LogP contribution in [0, 0.1) is 0 Å². The summed E-state index contributed by atoms with van der Waals surface area (Å²) in [6.07, 6.45) is -2.12. The zero-order chi connectivity index (χ0) is 23.5. The van der Waals surface area contributed by atoms with Crippen LogP contribution < -0.4 is 40.6 Å². The number of ether oxygens (including phenoxy) is 1. The quantitative estimate of drug-likeness (QED) is 0.0891. The molecule has 1 aromatic heterocycles. The van der Waals surface area contributed by atoms with E-state index in [1.165, 1.54) is 5.38 Å². The zero-order valence-corrected chi connectivity index (χ0v) is 21.0. The fraction of sp³-hybridized carbons (Fsp3) is 0.235. The van der Waals surface area contributed by atoms with Crippen molar-refractivity contribution < 1.29 is 66.5 Å². The van der Waals surface area contributed by atoms with Gasteiger partial charge in [0.2, 0.25) is 6.23 Å². The van der Waals surface area contributed by atoms with Crippen LogP contribution in [-0.4, -0.2) is 65.1 Å². The van der Waals surface area contributed by atoms with Gasteiger partial charge in [0.25, 0.3) is 11.8 Å². The third-order valence-electron chi connectivity index (χ3n) is 4.13. The van der Waals surface area contributed by atoms with Gasteiger partial charge in [-0.15, -0.1) is 11.3 Å². The number of nitrogens with two attached hydrogens (primary N) is 1. The molecule has 2 aromatic rings. The van der Waals surface area contributed by atoms with E-state index in [0.29, 0.717) is 5.56 Å². The standard InChI is InChI=1S/C17H17N5O8S2.Na/c1-29-21-12(10-8-31-17(18)19-10)14(24)20-13-15(25)22(32(26,27)28)16(13)30-11(23)7-9-5-3-2-4-6-9;/h2-6,8,13,16H,7H2,1H3,(H2,18,19)(H,20,24)(H,26,27,28);/q;+1/p-1/t13-,16-;/m1./s1. The monoisotopic (exact) mass is 505 g/mol. The molecule has 0 radical (unpaired) electrons. The predicted molar refractivity (Wildman–Crippen MR) is 109 cm³/mol. The van der Waals surface area contributed by atoms with Gasteiger partial charge in [0.05, 0.1) is 6.42 Å². The van der Waals surface area contributed by atoms with E-state index in [0.717, 1.165) is 18.4 Å². The van der Waals surface area contributed by atoms with Crippen LogP contribution in [0.15, 0.2) is 40.9 Å². The van der Waals surface area contributed by atoms with Crippen molar-refractivity contribution in [2.24, 2.45) is 5.16 Å². The maximum atomic E-state index is 12.6. The minimum atomic E-state index is -5.31. The van der Waals surface area contributed by atoms with E-state index < -0.39 is 40.4 Å². The number of aromatic nitrogens is 1. The van der Waals surface area contributed by atoms with Gasteiger partial charge >= 0.3 is 35.5 Å². The summed E-state index contributed by atoms with van der Waals surface area (Å²) in [4.78, 5) is 45.6. The topological polar surface area (TPSA) is 193 Å². The van der Waals surface area contributed by atoms with Gasteiger partial charge in [-0.25, -0.2) is 17.7 Å². The molecule has 1 aliphatic heterocycles. The Morgan fingerprint density at radius 3 is 2.55 bits per heavy atom. The maximum absolute atomic E-state index is 12.6. The number of rotatable bonds is 8. The number of thiazole rings is 1. The number of nitrogen functional groups attached to an aromatic ring is 1. The van der Waals surface area contributed by atoms with Crippen molar-refractivity contribution in [2.45, 2.75) is 18.7 Å². The first-order valence-corrected chi connectivity index (χ1v) is 11.0. The molecule has 1 aromatic carbocycles. The smallest absolute Gasteiger partial charge is 0.731 e. The van der Waals surface area contributed by atoms with Gasteiger partial charge in [0.15, 0.2) is 27.2 Å². The molecule has 33 heavy (non-hydrogen) atoms. The average molecular weight is 505 g/mol. The number of esters is 1. The molecule has 0 aliphatic carbocycles. The number of amides is 2. The van der Waals surface area contributed by atoms with Gasteiger partial charge in [0.1, 0.15) is 12.8 Å². The van der Waals surface area contributed by atoms with Crippen LogP contribution in [0.4, 0.5) is 5.13 Å². The number of anilines is 1. The molecule has 3 rings (SSSR count). The van der Waals surface area contributed by atoms with Gasteiger partial charge < -0.3 is 25.2 Å². The Bertz CT molecular complexity index is 1170. The Kier molecular flexibility index (Phi) is 8.93. The summed E-state index contributed by atoms with van der Waals surface area (Å²) in [5.74, 6) is -3.19. The summed E-state index contributed by atoms with van der Waals surface area (Å²) in [6.45, 7) is 0. The molecule has 1 fully saturated rings. The molecule has 170 valence electrons. The van der Waals surface area contributed by atoms with E-state index in [1.54, 1.807) is 30.3 Å². The summed E-state index contributed by atoms with van der Waals surface area (Å²) >= 11 is 1.01. The van der Waals surface area contributed by atoms with E-state index in [4.69, 9.17) is 10.5 Å². The third kappa shape index (κ3) is 6.27. The molecule has 0 saturated carbocycles. The van der Waals surface area contributed by atoms with Gasteiger partial charge in [0, 0.05) is 5.38 Å². The summed E-state index contributed by atoms with van der Waals surface area (Å²) in [6, 6.07) is 6.68. The number of benzene rings is 1. The number of hydrogen-bond acceptors (Lipinski definition) is 12. The summed E-state index contributed by atoms with van der Waals surface area (Å²) in [5, 5.41) is 7.25. The van der Waals surface area contributed by atoms with E-state index in [-0.39, 0.29) is 56.8 Å². The van der Waals surface area contributed by atoms with Crippen LogP contribution >= 0.6 is 11.3 Å². The van der Waals surface area contributed by atoms with Gasteiger partial charge in [-0.1, -0.05) is 35.5 Å². The Morgan fingerprint density at radius 1 is 1.33 bits per heavy atom. The Balaban J connectivity index is 0.00000385. The van der Waals surface area contributed by atoms with Gasteiger partial charge in [-0.3, -0.25) is 14.4 Å². The molecular formula is C17H16N5NaO8S2. The third-order valence-corrected chi connectivity index (χ3v) is 5.68. The minimum Gasteiger partial charge on any atom is -0.731 e. The van der Waals surface area contributed by atoms with Crippen molar-refractivity contribution in [3.63, 3.8) is 0 Å². The van der Waals surface area contributed by atoms with Crippen molar-refractivity contribution in [1.82, 2.24) is 14.6 Å². The fourth-order valence-corrected chi connectivity index (χ4v) is 4.07. The summed E-state index contributed by atoms with van der Waals surface area (Å²) in [7, 11) is -4.14. The maximum Gasteiger partial charge on any atom is 1.00 e. The summed E-state index contributed by atoms with van der Waals surface area (Å²) in [5.41, 5.74) is 5.75.